The lowest BCUT2D eigenvalue weighted by Crippen LogP contribution is -2.12. The molecule has 0 bridgehead atoms. The highest BCUT2D eigenvalue weighted by molar-refractivity contribution is 6.32. The van der Waals surface area contributed by atoms with Crippen molar-refractivity contribution in [3.05, 3.63) is 51.4 Å². The number of carbonyl (C=O) groups is 1. The average molecular weight is 307 g/mol. The van der Waals surface area contributed by atoms with Gasteiger partial charge in [0.2, 0.25) is 5.88 Å². The molecule has 0 aliphatic heterocycles. The van der Waals surface area contributed by atoms with E-state index in [4.69, 9.17) is 21.4 Å². The molecule has 0 saturated carbocycles. The zero-order chi connectivity index (χ0) is 15.0. The minimum Gasteiger partial charge on any atom is -0.478 e. The van der Waals surface area contributed by atoms with Crippen molar-refractivity contribution < 1.29 is 14.6 Å². The average Bonchev–Trinajstić information content (AvgIpc) is 2.82. The number of aromatic amines is 1. The van der Waals surface area contributed by atoms with E-state index in [0.29, 0.717) is 5.65 Å². The van der Waals surface area contributed by atoms with E-state index < -0.39 is 11.7 Å². The number of benzene rings is 1. The maximum absolute atomic E-state index is 11.4. The van der Waals surface area contributed by atoms with Crippen molar-refractivity contribution in [1.29, 1.82) is 0 Å². The first-order valence-corrected chi connectivity index (χ1v) is 6.07. The van der Waals surface area contributed by atoms with Crippen molar-refractivity contribution in [3.8, 4) is 11.6 Å². The summed E-state index contributed by atoms with van der Waals surface area (Å²) in [7, 11) is 0. The molecule has 1 aromatic carbocycles. The van der Waals surface area contributed by atoms with Crippen LogP contribution in [0.1, 0.15) is 10.4 Å². The summed E-state index contributed by atoms with van der Waals surface area (Å²) in [4.78, 5) is 22.2. The molecule has 0 fully saturated rings. The lowest BCUT2D eigenvalue weighted by molar-refractivity contribution is 0.0697. The van der Waals surface area contributed by atoms with Gasteiger partial charge in [-0.2, -0.15) is 9.61 Å². The Morgan fingerprint density at radius 1 is 1.33 bits per heavy atom. The molecule has 3 rings (SSSR count). The van der Waals surface area contributed by atoms with Crippen LogP contribution in [0.4, 0.5) is 0 Å². The number of carboxylic acid groups (broad SMARTS) is 1. The van der Waals surface area contributed by atoms with Crippen LogP contribution in [0.5, 0.6) is 11.6 Å². The van der Waals surface area contributed by atoms with Gasteiger partial charge in [-0.3, -0.25) is 0 Å². The molecule has 0 amide bonds. The summed E-state index contributed by atoms with van der Waals surface area (Å²) in [5, 5.41) is 18.9. The fourth-order valence-electron chi connectivity index (χ4n) is 1.67. The minimum absolute atomic E-state index is 0.0433. The third kappa shape index (κ3) is 2.43. The molecule has 8 nitrogen and oxygen atoms in total. The molecule has 0 saturated heterocycles. The van der Waals surface area contributed by atoms with Crippen molar-refractivity contribution >= 4 is 23.2 Å². The van der Waals surface area contributed by atoms with Crippen molar-refractivity contribution in [2.24, 2.45) is 0 Å². The molecule has 2 N–H and O–H groups in total. The first kappa shape index (κ1) is 13.1. The van der Waals surface area contributed by atoms with Gasteiger partial charge in [-0.05, 0) is 24.3 Å². The number of aromatic nitrogens is 4. The van der Waals surface area contributed by atoms with Crippen LogP contribution in [0.15, 0.2) is 35.1 Å². The highest BCUT2D eigenvalue weighted by atomic mass is 35.5. The number of hydrogen-bond donors (Lipinski definition) is 2. The normalized spacial score (nSPS) is 10.7. The number of aromatic carboxylic acids is 1. The number of fused-ring (bicyclic) bond motifs is 1. The molecule has 0 spiro atoms. The Morgan fingerprint density at radius 2 is 2.14 bits per heavy atom. The Hall–Kier alpha value is -2.87. The first-order chi connectivity index (χ1) is 10.0. The number of halogens is 1. The Labute approximate surface area is 121 Å². The van der Waals surface area contributed by atoms with Crippen LogP contribution in [0.2, 0.25) is 5.02 Å². The number of nitrogens with zero attached hydrogens (tertiary/aromatic N) is 3. The molecule has 3 aromatic rings. The molecule has 9 heteroatoms. The molecule has 2 heterocycles. The summed E-state index contributed by atoms with van der Waals surface area (Å²) >= 11 is 5.95. The summed E-state index contributed by atoms with van der Waals surface area (Å²) in [5.41, 5.74) is -0.107. The Balaban J connectivity index is 1.96. The molecule has 21 heavy (non-hydrogen) atoms. The van der Waals surface area contributed by atoms with Gasteiger partial charge in [-0.25, -0.2) is 14.7 Å². The zero-order valence-electron chi connectivity index (χ0n) is 10.3. The highest BCUT2D eigenvalue weighted by Crippen LogP contribution is 2.29. The molecule has 2 aromatic heterocycles. The van der Waals surface area contributed by atoms with Crippen molar-refractivity contribution in [2.45, 2.75) is 0 Å². The Bertz CT molecular complexity index is 902. The standard InChI is InChI=1S/C12H7ClN4O4/c13-7-5-6(11(18)19)1-2-8(7)21-10-4-3-9-14-15-12(20)17(9)16-10/h1-5H,(H,15,20)(H,18,19). The van der Waals surface area contributed by atoms with E-state index in [2.05, 4.69) is 15.3 Å². The van der Waals surface area contributed by atoms with Crippen LogP contribution in [0.25, 0.3) is 5.65 Å². The fraction of sp³-hybridized carbons (Fsp3) is 0. The van der Waals surface area contributed by atoms with Gasteiger partial charge in [0.05, 0.1) is 10.6 Å². The second-order valence-electron chi connectivity index (χ2n) is 4.02. The van der Waals surface area contributed by atoms with Crippen molar-refractivity contribution in [1.82, 2.24) is 19.8 Å². The number of carboxylic acids is 1. The molecule has 0 aliphatic rings. The summed E-state index contributed by atoms with van der Waals surface area (Å²) < 4.78 is 6.48. The van der Waals surface area contributed by atoms with E-state index in [-0.39, 0.29) is 22.2 Å². The third-order valence-corrected chi connectivity index (χ3v) is 2.94. The summed E-state index contributed by atoms with van der Waals surface area (Å²) in [6.45, 7) is 0. The summed E-state index contributed by atoms with van der Waals surface area (Å²) in [6.07, 6.45) is 0. The van der Waals surface area contributed by atoms with E-state index >= 15 is 0 Å². The Kier molecular flexibility index (Phi) is 3.07. The van der Waals surface area contributed by atoms with Crippen LogP contribution >= 0.6 is 11.6 Å². The van der Waals surface area contributed by atoms with Crippen LogP contribution in [-0.4, -0.2) is 30.9 Å². The maximum Gasteiger partial charge on any atom is 0.364 e. The number of ether oxygens (including phenoxy) is 1. The van der Waals surface area contributed by atoms with Crippen molar-refractivity contribution in [3.63, 3.8) is 0 Å². The number of hydrogen-bond acceptors (Lipinski definition) is 5. The molecule has 0 radical (unpaired) electrons. The number of rotatable bonds is 3. The zero-order valence-corrected chi connectivity index (χ0v) is 11.0. The second-order valence-corrected chi connectivity index (χ2v) is 4.43. The summed E-state index contributed by atoms with van der Waals surface area (Å²) in [5.74, 6) is -0.742. The SMILES string of the molecule is O=C(O)c1ccc(Oc2ccc3n[nH]c(=O)n3n2)c(Cl)c1. The second kappa shape index (κ2) is 4.91. The van der Waals surface area contributed by atoms with Gasteiger partial charge in [0.1, 0.15) is 5.75 Å². The molecule has 0 aliphatic carbocycles. The van der Waals surface area contributed by atoms with Gasteiger partial charge in [0, 0.05) is 6.07 Å². The number of nitrogens with one attached hydrogen (secondary N) is 1. The molecular weight excluding hydrogens is 300 g/mol. The highest BCUT2D eigenvalue weighted by Gasteiger charge is 2.10. The topological polar surface area (TPSA) is 110 Å². The number of H-pyrrole nitrogens is 1. The predicted octanol–water partition coefficient (Wildman–Crippen LogP) is 1.56. The molecule has 106 valence electrons. The monoisotopic (exact) mass is 306 g/mol. The van der Waals surface area contributed by atoms with E-state index in [1.54, 1.807) is 6.07 Å². The van der Waals surface area contributed by atoms with Gasteiger partial charge in [0.15, 0.2) is 5.65 Å². The van der Waals surface area contributed by atoms with Gasteiger partial charge in [-0.1, -0.05) is 11.6 Å². The predicted molar refractivity (Wildman–Crippen MR) is 72.1 cm³/mol. The van der Waals surface area contributed by atoms with Gasteiger partial charge in [-0.15, -0.1) is 5.10 Å². The largest absolute Gasteiger partial charge is 0.478 e. The van der Waals surface area contributed by atoms with Crippen LogP contribution in [-0.2, 0) is 0 Å². The van der Waals surface area contributed by atoms with Gasteiger partial charge >= 0.3 is 11.7 Å². The third-order valence-electron chi connectivity index (χ3n) is 2.64. The Morgan fingerprint density at radius 3 is 2.86 bits per heavy atom. The molecular formula is C12H7ClN4O4. The minimum atomic E-state index is -1.09. The molecule has 0 atom stereocenters. The van der Waals surface area contributed by atoms with E-state index in [1.165, 1.54) is 24.3 Å². The van der Waals surface area contributed by atoms with Gasteiger partial charge < -0.3 is 9.84 Å². The first-order valence-electron chi connectivity index (χ1n) is 5.70. The van der Waals surface area contributed by atoms with E-state index in [1.807, 2.05) is 0 Å². The van der Waals surface area contributed by atoms with Gasteiger partial charge in [0.25, 0.3) is 0 Å². The van der Waals surface area contributed by atoms with Crippen LogP contribution < -0.4 is 10.4 Å². The van der Waals surface area contributed by atoms with E-state index in [0.717, 1.165) is 4.52 Å². The van der Waals surface area contributed by atoms with Crippen LogP contribution in [0, 0.1) is 0 Å². The molecule has 0 unspecified atom stereocenters. The fourth-order valence-corrected chi connectivity index (χ4v) is 1.89. The van der Waals surface area contributed by atoms with E-state index in [9.17, 15) is 9.59 Å². The lowest BCUT2D eigenvalue weighted by Gasteiger charge is -2.07. The van der Waals surface area contributed by atoms with Crippen LogP contribution in [0.3, 0.4) is 0 Å². The summed E-state index contributed by atoms with van der Waals surface area (Å²) in [6, 6.07) is 7.08. The maximum atomic E-state index is 11.4. The quantitative estimate of drug-likeness (QED) is 0.760. The lowest BCUT2D eigenvalue weighted by atomic mass is 10.2. The van der Waals surface area contributed by atoms with Crippen molar-refractivity contribution in [2.75, 3.05) is 0 Å². The smallest absolute Gasteiger partial charge is 0.364 e.